The highest BCUT2D eigenvalue weighted by molar-refractivity contribution is 5.62. The first-order valence-corrected chi connectivity index (χ1v) is 12.6. The predicted octanol–water partition coefficient (Wildman–Crippen LogP) is 5.36. The molecule has 8 heteroatoms. The topological polar surface area (TPSA) is 84.9 Å². The number of nitrogens with zero attached hydrogens (tertiary/aromatic N) is 5. The number of fused-ring (bicyclic) bond motifs is 1. The van der Waals surface area contributed by atoms with Gasteiger partial charge in [0.25, 0.3) is 0 Å². The van der Waals surface area contributed by atoms with E-state index in [0.717, 1.165) is 48.4 Å². The molecule has 0 amide bonds. The van der Waals surface area contributed by atoms with Gasteiger partial charge >= 0.3 is 0 Å². The van der Waals surface area contributed by atoms with Crippen molar-refractivity contribution in [1.29, 1.82) is 5.26 Å². The SMILES string of the molecule is COc1ccc(C2C(C#N)=C(N=CN3CCCCCC3)Oc3c2c(C)nn3-c2ccccc2)cc1OC. The van der Waals surface area contributed by atoms with Crippen LogP contribution in [0.25, 0.3) is 5.69 Å². The molecule has 1 aromatic heterocycles. The first kappa shape index (κ1) is 24.4. The first-order valence-electron chi connectivity index (χ1n) is 12.6. The average Bonchev–Trinajstić information content (AvgIpc) is 3.09. The van der Waals surface area contributed by atoms with Crippen LogP contribution in [0.4, 0.5) is 0 Å². The summed E-state index contributed by atoms with van der Waals surface area (Å²) >= 11 is 0. The van der Waals surface area contributed by atoms with Crippen LogP contribution in [0.2, 0.25) is 0 Å². The van der Waals surface area contributed by atoms with Crippen molar-refractivity contribution in [2.75, 3.05) is 27.3 Å². The van der Waals surface area contributed by atoms with Crippen LogP contribution in [0.3, 0.4) is 0 Å². The minimum Gasteiger partial charge on any atom is -0.493 e. The molecule has 8 nitrogen and oxygen atoms in total. The Kier molecular flexibility index (Phi) is 7.13. The summed E-state index contributed by atoms with van der Waals surface area (Å²) in [6, 6.07) is 18.0. The van der Waals surface area contributed by atoms with Crippen molar-refractivity contribution in [3.63, 3.8) is 0 Å². The van der Waals surface area contributed by atoms with Gasteiger partial charge in [0.1, 0.15) is 11.6 Å². The number of methoxy groups -OCH3 is 2. The van der Waals surface area contributed by atoms with Crippen molar-refractivity contribution < 1.29 is 14.2 Å². The molecule has 0 N–H and O–H groups in total. The summed E-state index contributed by atoms with van der Waals surface area (Å²) in [6.07, 6.45) is 6.55. The molecule has 2 aliphatic rings. The minimum atomic E-state index is -0.428. The Bertz CT molecular complexity index is 1360. The zero-order valence-corrected chi connectivity index (χ0v) is 21.5. The zero-order valence-electron chi connectivity index (χ0n) is 21.5. The molecule has 3 aromatic rings. The van der Waals surface area contributed by atoms with Crippen LogP contribution in [0, 0.1) is 18.3 Å². The largest absolute Gasteiger partial charge is 0.493 e. The van der Waals surface area contributed by atoms with Gasteiger partial charge in [-0.05, 0) is 49.6 Å². The molecule has 37 heavy (non-hydrogen) atoms. The van der Waals surface area contributed by atoms with Gasteiger partial charge in [-0.1, -0.05) is 37.1 Å². The van der Waals surface area contributed by atoms with Crippen molar-refractivity contribution >= 4 is 6.34 Å². The number of aryl methyl sites for hydroxylation is 1. The average molecular weight is 498 g/mol. The standard InChI is InChI=1S/C29H31N5O3/c1-20-26-27(21-13-14-24(35-2)25(17-21)36-3)23(18-30)28(31-19-33-15-9-4-5-10-16-33)37-29(26)34(32-20)22-11-7-6-8-12-22/h6-8,11-14,17,19,27H,4-5,9-10,15-16H2,1-3H3. The molecule has 2 aliphatic heterocycles. The number of rotatable bonds is 6. The van der Waals surface area contributed by atoms with Crippen LogP contribution in [0.15, 0.2) is 65.0 Å². The highest BCUT2D eigenvalue weighted by Gasteiger charge is 2.37. The molecule has 1 atom stereocenters. The Hall–Kier alpha value is -4.25. The van der Waals surface area contributed by atoms with E-state index in [2.05, 4.69) is 11.0 Å². The molecule has 1 unspecified atom stereocenters. The van der Waals surface area contributed by atoms with E-state index in [9.17, 15) is 5.26 Å². The quantitative estimate of drug-likeness (QED) is 0.337. The van der Waals surface area contributed by atoms with Crippen LogP contribution in [0.1, 0.15) is 48.4 Å². The molecular weight excluding hydrogens is 466 g/mol. The van der Waals surface area contributed by atoms with E-state index < -0.39 is 5.92 Å². The molecule has 1 fully saturated rings. The Morgan fingerprint density at radius 1 is 1.03 bits per heavy atom. The van der Waals surface area contributed by atoms with Gasteiger partial charge in [0.05, 0.1) is 43.4 Å². The lowest BCUT2D eigenvalue weighted by Gasteiger charge is -2.26. The van der Waals surface area contributed by atoms with Crippen molar-refractivity contribution in [1.82, 2.24) is 14.7 Å². The molecule has 3 heterocycles. The number of likely N-dealkylation sites (tertiary alicyclic amines) is 1. The highest BCUT2D eigenvalue weighted by Crippen LogP contribution is 2.47. The molecule has 5 rings (SSSR count). The summed E-state index contributed by atoms with van der Waals surface area (Å²) in [6.45, 7) is 3.84. The van der Waals surface area contributed by atoms with Gasteiger partial charge in [0.2, 0.25) is 11.8 Å². The Morgan fingerprint density at radius 3 is 2.43 bits per heavy atom. The lowest BCUT2D eigenvalue weighted by molar-refractivity contribution is 0.353. The maximum atomic E-state index is 10.4. The number of ether oxygens (including phenoxy) is 3. The van der Waals surface area contributed by atoms with E-state index in [0.29, 0.717) is 23.0 Å². The number of hydrogen-bond donors (Lipinski definition) is 0. The van der Waals surface area contributed by atoms with Gasteiger partial charge in [-0.25, -0.2) is 9.67 Å². The van der Waals surface area contributed by atoms with Crippen LogP contribution >= 0.6 is 0 Å². The summed E-state index contributed by atoms with van der Waals surface area (Å²) in [5, 5.41) is 15.2. The fourth-order valence-corrected chi connectivity index (χ4v) is 5.03. The van der Waals surface area contributed by atoms with E-state index in [1.54, 1.807) is 18.9 Å². The molecule has 190 valence electrons. The third-order valence-electron chi connectivity index (χ3n) is 6.90. The summed E-state index contributed by atoms with van der Waals surface area (Å²) in [5.41, 5.74) is 3.79. The molecular formula is C29H31N5O3. The van der Waals surface area contributed by atoms with Crippen molar-refractivity contribution in [3.05, 3.63) is 76.8 Å². The summed E-state index contributed by atoms with van der Waals surface area (Å²) in [4.78, 5) is 6.94. The van der Waals surface area contributed by atoms with Crippen molar-refractivity contribution in [2.24, 2.45) is 4.99 Å². The smallest absolute Gasteiger partial charge is 0.237 e. The molecule has 0 spiro atoms. The third-order valence-corrected chi connectivity index (χ3v) is 6.90. The maximum absolute atomic E-state index is 10.4. The first-order chi connectivity index (χ1) is 18.1. The Labute approximate surface area is 217 Å². The molecule has 2 aromatic carbocycles. The van der Waals surface area contributed by atoms with Gasteiger partial charge in [0.15, 0.2) is 11.5 Å². The van der Waals surface area contributed by atoms with Gasteiger partial charge < -0.3 is 19.1 Å². The van der Waals surface area contributed by atoms with Crippen LogP contribution < -0.4 is 14.2 Å². The number of aliphatic imine (C=N–C) groups is 1. The zero-order chi connectivity index (χ0) is 25.8. The number of aromatic nitrogens is 2. The lowest BCUT2D eigenvalue weighted by Crippen LogP contribution is -2.24. The second kappa shape index (κ2) is 10.8. The Balaban J connectivity index is 1.67. The van der Waals surface area contributed by atoms with Gasteiger partial charge in [-0.2, -0.15) is 10.4 Å². The molecule has 0 bridgehead atoms. The Morgan fingerprint density at radius 2 is 1.76 bits per heavy atom. The monoisotopic (exact) mass is 497 g/mol. The molecule has 0 radical (unpaired) electrons. The normalized spacial score (nSPS) is 17.7. The second-order valence-electron chi connectivity index (χ2n) is 9.23. The van der Waals surface area contributed by atoms with E-state index in [1.807, 2.05) is 61.8 Å². The summed E-state index contributed by atoms with van der Waals surface area (Å²) < 4.78 is 19.2. The number of allylic oxidation sites excluding steroid dienone is 1. The van der Waals surface area contributed by atoms with E-state index in [-0.39, 0.29) is 5.88 Å². The van der Waals surface area contributed by atoms with Crippen molar-refractivity contribution in [2.45, 2.75) is 38.5 Å². The molecule has 0 aliphatic carbocycles. The summed E-state index contributed by atoms with van der Waals surface area (Å²) in [5.74, 6) is 1.63. The number of benzene rings is 2. The van der Waals surface area contributed by atoms with Crippen LogP contribution in [-0.4, -0.2) is 48.3 Å². The maximum Gasteiger partial charge on any atom is 0.237 e. The second-order valence-corrected chi connectivity index (χ2v) is 9.23. The van der Waals surface area contributed by atoms with E-state index >= 15 is 0 Å². The van der Waals surface area contributed by atoms with Crippen molar-refractivity contribution in [3.8, 4) is 29.1 Å². The van der Waals surface area contributed by atoms with Gasteiger partial charge in [0, 0.05) is 13.1 Å². The predicted molar refractivity (Wildman–Crippen MR) is 141 cm³/mol. The fraction of sp³-hybridized carbons (Fsp3) is 0.345. The van der Waals surface area contributed by atoms with Crippen LogP contribution in [0.5, 0.6) is 17.4 Å². The fourth-order valence-electron chi connectivity index (χ4n) is 5.03. The molecule has 1 saturated heterocycles. The third kappa shape index (κ3) is 4.77. The minimum absolute atomic E-state index is 0.288. The van der Waals surface area contributed by atoms with Gasteiger partial charge in [-0.15, -0.1) is 0 Å². The summed E-state index contributed by atoms with van der Waals surface area (Å²) in [7, 11) is 3.21. The number of para-hydroxylation sites is 1. The number of nitriles is 1. The molecule has 0 saturated carbocycles. The number of hydrogen-bond acceptors (Lipinski definition) is 6. The highest BCUT2D eigenvalue weighted by atomic mass is 16.5. The van der Waals surface area contributed by atoms with E-state index in [1.165, 1.54) is 12.8 Å². The van der Waals surface area contributed by atoms with Crippen LogP contribution in [-0.2, 0) is 0 Å². The van der Waals surface area contributed by atoms with E-state index in [4.69, 9.17) is 24.3 Å². The lowest BCUT2D eigenvalue weighted by atomic mass is 9.84. The van der Waals surface area contributed by atoms with Gasteiger partial charge in [-0.3, -0.25) is 0 Å².